The third-order valence-corrected chi connectivity index (χ3v) is 6.29. The number of phenols is 1. The Kier molecular flexibility index (Phi) is 17.2. The first kappa shape index (κ1) is 29.0. The predicted octanol–water partition coefficient (Wildman–Crippen LogP) is 8.77. The van der Waals surface area contributed by atoms with Crippen LogP contribution in [-0.4, -0.2) is 24.5 Å². The summed E-state index contributed by atoms with van der Waals surface area (Å²) in [5.74, 6) is 1.65. The Morgan fingerprint density at radius 3 is 1.94 bits per heavy atom. The molecule has 0 saturated heterocycles. The second-order valence-corrected chi connectivity index (χ2v) is 12.2. The summed E-state index contributed by atoms with van der Waals surface area (Å²) < 4.78 is 5.57. The summed E-state index contributed by atoms with van der Waals surface area (Å²) in [5.41, 5.74) is 1.86. The molecule has 1 aromatic rings. The van der Waals surface area contributed by atoms with Gasteiger partial charge in [-0.15, -0.1) is 0 Å². The van der Waals surface area contributed by atoms with Crippen molar-refractivity contribution in [3.8, 4) is 11.5 Å². The topological polar surface area (TPSA) is 41.8 Å². The van der Waals surface area contributed by atoms with E-state index in [-0.39, 0.29) is 0 Å². The zero-order chi connectivity index (χ0) is 22.9. The van der Waals surface area contributed by atoms with Crippen molar-refractivity contribution in [2.45, 2.75) is 109 Å². The van der Waals surface area contributed by atoms with Crippen LogP contribution in [0.25, 0.3) is 0 Å². The third-order valence-electron chi connectivity index (χ3n) is 6.29. The zero-order valence-electron chi connectivity index (χ0n) is 19.6. The van der Waals surface area contributed by atoms with E-state index in [0.29, 0.717) is 17.7 Å². The van der Waals surface area contributed by atoms with Gasteiger partial charge in [0, 0.05) is 23.4 Å². The van der Waals surface area contributed by atoms with Gasteiger partial charge in [-0.2, -0.15) is 0 Å². The van der Waals surface area contributed by atoms with Gasteiger partial charge in [-0.05, 0) is 43.7 Å². The van der Waals surface area contributed by atoms with Crippen molar-refractivity contribution >= 4 is 23.2 Å². The van der Waals surface area contributed by atoms with E-state index in [1.54, 1.807) is 7.11 Å². The molecule has 0 aliphatic heterocycles. The molecule has 3 nitrogen and oxygen atoms in total. The average Bonchev–Trinajstić information content (AvgIpc) is 2.76. The van der Waals surface area contributed by atoms with Crippen molar-refractivity contribution in [3.63, 3.8) is 0 Å². The molecule has 0 bridgehead atoms. The van der Waals surface area contributed by atoms with Crippen LogP contribution in [0.1, 0.15) is 114 Å². The standard InChI is InChI=1S/C25H41NO2.2ClH.Zr/c1-4-22(5-2)26-19-21-17-23(28-3)18-24(25(21)27)20-15-13-11-9-7-6-8-10-12-14-16-20;;;/h17-20,22,27H,4-16H2,1-3H3;2*1H;/q;;;+2/p-2. The summed E-state index contributed by atoms with van der Waals surface area (Å²) in [6, 6.07) is 4.29. The number of methoxy groups -OCH3 is 1. The van der Waals surface area contributed by atoms with Gasteiger partial charge in [0.05, 0.1) is 7.11 Å². The Labute approximate surface area is 209 Å². The van der Waals surface area contributed by atoms with Crippen LogP contribution in [0.2, 0.25) is 0 Å². The molecule has 31 heavy (non-hydrogen) atoms. The predicted molar refractivity (Wildman–Crippen MR) is 132 cm³/mol. The molecule has 0 heterocycles. The van der Waals surface area contributed by atoms with E-state index < -0.39 is 20.8 Å². The maximum atomic E-state index is 11.1. The summed E-state index contributed by atoms with van der Waals surface area (Å²) in [5, 5.41) is 11.1. The van der Waals surface area contributed by atoms with E-state index >= 15 is 0 Å². The van der Waals surface area contributed by atoms with Gasteiger partial charge in [0.15, 0.2) is 0 Å². The molecule has 6 heteroatoms. The van der Waals surface area contributed by atoms with Crippen LogP contribution in [0.15, 0.2) is 17.1 Å². The number of aromatic hydroxyl groups is 1. The number of benzene rings is 1. The van der Waals surface area contributed by atoms with E-state index in [4.69, 9.17) is 26.8 Å². The first-order valence-electron chi connectivity index (χ1n) is 12.0. The number of rotatable bonds is 6. The third kappa shape index (κ3) is 11.6. The summed E-state index contributed by atoms with van der Waals surface area (Å²) in [4.78, 5) is 4.70. The van der Waals surface area contributed by atoms with Crippen molar-refractivity contribution in [2.24, 2.45) is 4.99 Å². The van der Waals surface area contributed by atoms with Crippen molar-refractivity contribution in [2.75, 3.05) is 7.11 Å². The van der Waals surface area contributed by atoms with E-state index in [2.05, 4.69) is 19.9 Å². The number of hydrogen-bond acceptors (Lipinski definition) is 3. The van der Waals surface area contributed by atoms with Crippen molar-refractivity contribution in [1.82, 2.24) is 0 Å². The first-order valence-corrected chi connectivity index (χ1v) is 18.3. The normalized spacial score (nSPS) is 16.8. The zero-order valence-corrected chi connectivity index (χ0v) is 23.6. The van der Waals surface area contributed by atoms with Gasteiger partial charge in [-0.1, -0.05) is 71.6 Å². The van der Waals surface area contributed by atoms with E-state index in [1.807, 2.05) is 12.3 Å². The second-order valence-electron chi connectivity index (χ2n) is 8.43. The summed E-state index contributed by atoms with van der Waals surface area (Å²) in [6.45, 7) is 4.32. The monoisotopic (exact) mass is 547 g/mol. The Bertz CT molecular complexity index is 612. The molecule has 1 N–H and O–H groups in total. The molecule has 0 aromatic heterocycles. The van der Waals surface area contributed by atoms with Crippen LogP contribution in [0.3, 0.4) is 0 Å². The molecule has 1 aliphatic rings. The fourth-order valence-corrected chi connectivity index (χ4v) is 4.34. The maximum absolute atomic E-state index is 11.1. The van der Waals surface area contributed by atoms with E-state index in [1.165, 1.54) is 57.8 Å². The van der Waals surface area contributed by atoms with Crippen LogP contribution in [0.5, 0.6) is 11.5 Å². The first-order chi connectivity index (χ1) is 15.1. The molecule has 176 valence electrons. The Balaban J connectivity index is 0.00000151. The molecule has 1 saturated carbocycles. The Morgan fingerprint density at radius 2 is 1.48 bits per heavy atom. The van der Waals surface area contributed by atoms with Crippen LogP contribution >= 0.6 is 17.0 Å². The quantitative estimate of drug-likeness (QED) is 0.360. The van der Waals surface area contributed by atoms with Crippen molar-refractivity contribution in [1.29, 1.82) is 0 Å². The minimum absolute atomic E-state index is 0.315. The molecule has 0 atom stereocenters. The van der Waals surface area contributed by atoms with Crippen LogP contribution in [-0.2, 0) is 20.8 Å². The number of nitrogens with zero attached hydrogens (tertiary/aromatic N) is 1. The van der Waals surface area contributed by atoms with Gasteiger partial charge in [0.2, 0.25) is 0 Å². The fraction of sp³-hybridized carbons (Fsp3) is 0.720. The average molecular weight is 550 g/mol. The molecule has 1 aliphatic carbocycles. The van der Waals surface area contributed by atoms with Gasteiger partial charge < -0.3 is 9.84 Å². The Morgan fingerprint density at radius 1 is 1.00 bits per heavy atom. The van der Waals surface area contributed by atoms with Gasteiger partial charge in [0.25, 0.3) is 0 Å². The van der Waals surface area contributed by atoms with Gasteiger partial charge in [-0.25, -0.2) is 0 Å². The van der Waals surface area contributed by atoms with Crippen LogP contribution in [0.4, 0.5) is 0 Å². The summed E-state index contributed by atoms with van der Waals surface area (Å²) in [6.07, 6.45) is 18.2. The number of phenolic OH excluding ortho intramolecular Hbond substituents is 1. The molecule has 0 unspecified atom stereocenters. The number of aliphatic imine (C=N–C) groups is 1. The second kappa shape index (κ2) is 18.4. The van der Waals surface area contributed by atoms with Gasteiger partial charge in [-0.3, -0.25) is 4.99 Å². The minimum atomic E-state index is -0.826. The molecule has 2 rings (SSSR count). The van der Waals surface area contributed by atoms with E-state index in [0.717, 1.165) is 42.6 Å². The molecule has 0 amide bonds. The van der Waals surface area contributed by atoms with Crippen LogP contribution < -0.4 is 4.74 Å². The number of ether oxygens (including phenoxy) is 1. The van der Waals surface area contributed by atoms with Gasteiger partial charge >= 0.3 is 37.9 Å². The molecule has 1 aromatic carbocycles. The summed E-state index contributed by atoms with van der Waals surface area (Å²) in [7, 11) is 11.6. The summed E-state index contributed by atoms with van der Waals surface area (Å²) >= 11 is -0.826. The Hall–Kier alpha value is -0.0469. The van der Waals surface area contributed by atoms with Crippen molar-refractivity contribution in [3.05, 3.63) is 23.3 Å². The van der Waals surface area contributed by atoms with Crippen molar-refractivity contribution < 1.29 is 30.7 Å². The molecular weight excluding hydrogens is 508 g/mol. The SMILES string of the molecule is CCC(CC)N=Cc1cc(OC)cc(C2CCCCCCCCCCC2)c1O.[Cl][Zr][Cl]. The van der Waals surface area contributed by atoms with Crippen LogP contribution in [0, 0.1) is 0 Å². The number of hydrogen-bond donors (Lipinski definition) is 1. The van der Waals surface area contributed by atoms with Gasteiger partial charge in [0.1, 0.15) is 11.5 Å². The number of halogens is 2. The fourth-order valence-electron chi connectivity index (χ4n) is 4.34. The molecule has 1 fully saturated rings. The molecular formula is C25H41Cl2NO2Zr. The molecule has 0 spiro atoms. The molecule has 0 radical (unpaired) electrons. The van der Waals surface area contributed by atoms with E-state index in [9.17, 15) is 5.11 Å².